The van der Waals surface area contributed by atoms with Crippen molar-refractivity contribution in [2.75, 3.05) is 11.9 Å². The molecule has 94 valence electrons. The average molecular weight is 262 g/mol. The van der Waals surface area contributed by atoms with Crippen LogP contribution >= 0.6 is 11.3 Å². The largest absolute Gasteiger partial charge is 0.508 e. The minimum Gasteiger partial charge on any atom is -0.508 e. The second kappa shape index (κ2) is 5.20. The van der Waals surface area contributed by atoms with Crippen molar-refractivity contribution in [3.63, 3.8) is 0 Å². The first-order valence-electron chi connectivity index (χ1n) is 5.45. The summed E-state index contributed by atoms with van der Waals surface area (Å²) in [4.78, 5) is 14.5. The van der Waals surface area contributed by atoms with Crippen LogP contribution in [0.5, 0.6) is 5.75 Å². The highest BCUT2D eigenvalue weighted by Crippen LogP contribution is 2.23. The number of benzene rings is 1. The Bertz CT molecular complexity index is 540. The van der Waals surface area contributed by atoms with Crippen LogP contribution in [0.1, 0.15) is 10.9 Å². The summed E-state index contributed by atoms with van der Waals surface area (Å²) < 4.78 is 0. The van der Waals surface area contributed by atoms with Crippen LogP contribution in [0.25, 0.3) is 0 Å². The van der Waals surface area contributed by atoms with E-state index in [0.717, 1.165) is 4.88 Å². The Balaban J connectivity index is 2.19. The molecular formula is C13H14N2O2S. The Morgan fingerprint density at radius 2 is 2.17 bits per heavy atom. The number of hydrogen-bond donors (Lipinski definition) is 2. The number of aromatic hydroxyl groups is 1. The topological polar surface area (TPSA) is 66.6 Å². The molecule has 0 aliphatic carbocycles. The van der Waals surface area contributed by atoms with Gasteiger partial charge in [-0.05, 0) is 23.6 Å². The van der Waals surface area contributed by atoms with E-state index in [0.29, 0.717) is 5.69 Å². The maximum atomic E-state index is 12.2. The summed E-state index contributed by atoms with van der Waals surface area (Å²) in [6.45, 7) is 0. The fraction of sp³-hybridized carbons (Fsp3) is 0.154. The number of amides is 1. The fourth-order valence-corrected chi connectivity index (χ4v) is 2.35. The zero-order valence-electron chi connectivity index (χ0n) is 9.91. The van der Waals surface area contributed by atoms with Crippen LogP contribution in [0.3, 0.4) is 0 Å². The van der Waals surface area contributed by atoms with Crippen LogP contribution in [0, 0.1) is 0 Å². The van der Waals surface area contributed by atoms with Gasteiger partial charge in [0.1, 0.15) is 11.8 Å². The van der Waals surface area contributed by atoms with Crippen molar-refractivity contribution in [1.29, 1.82) is 0 Å². The normalized spacial score (nSPS) is 12.1. The number of hydrogen-bond acceptors (Lipinski definition) is 4. The number of nitrogens with two attached hydrogens (primary N) is 1. The quantitative estimate of drug-likeness (QED) is 0.890. The summed E-state index contributed by atoms with van der Waals surface area (Å²) in [6.07, 6.45) is 0. The Morgan fingerprint density at radius 1 is 1.39 bits per heavy atom. The van der Waals surface area contributed by atoms with Gasteiger partial charge in [0.05, 0.1) is 0 Å². The average Bonchev–Trinajstić information content (AvgIpc) is 2.90. The predicted molar refractivity (Wildman–Crippen MR) is 72.8 cm³/mol. The van der Waals surface area contributed by atoms with E-state index in [9.17, 15) is 9.90 Å². The number of phenols is 1. The zero-order valence-corrected chi connectivity index (χ0v) is 10.7. The van der Waals surface area contributed by atoms with Crippen LogP contribution in [0.15, 0.2) is 41.8 Å². The highest BCUT2D eigenvalue weighted by molar-refractivity contribution is 7.10. The summed E-state index contributed by atoms with van der Waals surface area (Å²) in [5, 5.41) is 11.3. The zero-order chi connectivity index (χ0) is 13.1. The molecule has 0 fully saturated rings. The predicted octanol–water partition coefficient (Wildman–Crippen LogP) is 2.12. The molecule has 0 aliphatic heterocycles. The summed E-state index contributed by atoms with van der Waals surface area (Å²) in [6, 6.07) is 9.55. The Labute approximate surface area is 109 Å². The SMILES string of the molecule is CN(C(=O)C(N)c1cccs1)c1cccc(O)c1. The molecule has 18 heavy (non-hydrogen) atoms. The van der Waals surface area contributed by atoms with Gasteiger partial charge in [-0.2, -0.15) is 0 Å². The Kier molecular flexibility index (Phi) is 3.64. The summed E-state index contributed by atoms with van der Waals surface area (Å²) >= 11 is 1.45. The van der Waals surface area contributed by atoms with Crippen molar-refractivity contribution in [1.82, 2.24) is 0 Å². The molecular weight excluding hydrogens is 248 g/mol. The van der Waals surface area contributed by atoms with Gasteiger partial charge in [0, 0.05) is 23.7 Å². The third-order valence-corrected chi connectivity index (χ3v) is 3.62. The molecule has 1 aromatic carbocycles. The molecule has 0 spiro atoms. The first kappa shape index (κ1) is 12.6. The molecule has 1 unspecified atom stereocenters. The molecule has 2 rings (SSSR count). The molecule has 2 aromatic rings. The maximum Gasteiger partial charge on any atom is 0.249 e. The number of carbonyl (C=O) groups is 1. The van der Waals surface area contributed by atoms with E-state index >= 15 is 0 Å². The molecule has 1 amide bonds. The molecule has 1 atom stereocenters. The number of likely N-dealkylation sites (N-methyl/N-ethyl adjacent to an activating group) is 1. The van der Waals surface area contributed by atoms with Gasteiger partial charge in [0.25, 0.3) is 0 Å². The summed E-state index contributed by atoms with van der Waals surface area (Å²) in [5.74, 6) is -0.0834. The lowest BCUT2D eigenvalue weighted by molar-refractivity contribution is -0.119. The molecule has 0 radical (unpaired) electrons. The number of carbonyl (C=O) groups excluding carboxylic acids is 1. The van der Waals surface area contributed by atoms with E-state index < -0.39 is 6.04 Å². The van der Waals surface area contributed by atoms with Gasteiger partial charge in [-0.15, -0.1) is 11.3 Å². The van der Waals surface area contributed by atoms with Crippen LogP contribution in [-0.2, 0) is 4.79 Å². The number of phenolic OH excluding ortho intramolecular Hbond substituents is 1. The van der Waals surface area contributed by atoms with E-state index in [1.807, 2.05) is 17.5 Å². The van der Waals surface area contributed by atoms with E-state index in [4.69, 9.17) is 5.73 Å². The van der Waals surface area contributed by atoms with Gasteiger partial charge < -0.3 is 15.7 Å². The third-order valence-electron chi connectivity index (χ3n) is 2.66. The van der Waals surface area contributed by atoms with Crippen molar-refractivity contribution in [2.45, 2.75) is 6.04 Å². The summed E-state index contributed by atoms with van der Waals surface area (Å²) in [5.41, 5.74) is 6.53. The fourth-order valence-electron chi connectivity index (χ4n) is 1.63. The van der Waals surface area contributed by atoms with Gasteiger partial charge in [-0.1, -0.05) is 12.1 Å². The lowest BCUT2D eigenvalue weighted by Gasteiger charge is -2.20. The van der Waals surface area contributed by atoms with Crippen LogP contribution in [0.2, 0.25) is 0 Å². The van der Waals surface area contributed by atoms with Crippen molar-refractivity contribution in [2.24, 2.45) is 5.73 Å². The number of nitrogens with zero attached hydrogens (tertiary/aromatic N) is 1. The molecule has 3 N–H and O–H groups in total. The van der Waals surface area contributed by atoms with Gasteiger partial charge >= 0.3 is 0 Å². The highest BCUT2D eigenvalue weighted by atomic mass is 32.1. The number of rotatable bonds is 3. The highest BCUT2D eigenvalue weighted by Gasteiger charge is 2.21. The molecule has 1 aromatic heterocycles. The molecule has 0 saturated carbocycles. The molecule has 4 nitrogen and oxygen atoms in total. The Morgan fingerprint density at radius 3 is 2.78 bits per heavy atom. The standard InChI is InChI=1S/C13H14N2O2S/c1-15(9-4-2-5-10(16)8-9)13(17)12(14)11-6-3-7-18-11/h2-8,12,16H,14H2,1H3. The molecule has 1 heterocycles. The van der Waals surface area contributed by atoms with Crippen LogP contribution in [0.4, 0.5) is 5.69 Å². The molecule has 0 aliphatic rings. The first-order chi connectivity index (χ1) is 8.59. The molecule has 5 heteroatoms. The lowest BCUT2D eigenvalue weighted by atomic mass is 10.2. The lowest BCUT2D eigenvalue weighted by Crippen LogP contribution is -2.35. The maximum absolute atomic E-state index is 12.2. The number of anilines is 1. The Hall–Kier alpha value is -1.85. The van der Waals surface area contributed by atoms with Gasteiger partial charge in [0.15, 0.2) is 0 Å². The second-order valence-electron chi connectivity index (χ2n) is 3.91. The first-order valence-corrected chi connectivity index (χ1v) is 6.33. The minimum atomic E-state index is -0.669. The van der Waals surface area contributed by atoms with E-state index in [2.05, 4.69) is 0 Å². The third kappa shape index (κ3) is 2.52. The van der Waals surface area contributed by atoms with Gasteiger partial charge in [-0.3, -0.25) is 4.79 Å². The van der Waals surface area contributed by atoms with Gasteiger partial charge in [0.2, 0.25) is 5.91 Å². The smallest absolute Gasteiger partial charge is 0.249 e. The van der Waals surface area contributed by atoms with Crippen LogP contribution < -0.4 is 10.6 Å². The van der Waals surface area contributed by atoms with E-state index in [1.165, 1.54) is 22.3 Å². The second-order valence-corrected chi connectivity index (χ2v) is 4.89. The molecule has 0 saturated heterocycles. The van der Waals surface area contributed by atoms with Crippen molar-refractivity contribution in [3.05, 3.63) is 46.7 Å². The summed E-state index contributed by atoms with van der Waals surface area (Å²) in [7, 11) is 1.64. The van der Waals surface area contributed by atoms with E-state index in [-0.39, 0.29) is 11.7 Å². The monoisotopic (exact) mass is 262 g/mol. The number of thiophene rings is 1. The van der Waals surface area contributed by atoms with Crippen LogP contribution in [-0.4, -0.2) is 18.1 Å². The van der Waals surface area contributed by atoms with Gasteiger partial charge in [-0.25, -0.2) is 0 Å². The molecule has 0 bridgehead atoms. The van der Waals surface area contributed by atoms with Crippen molar-refractivity contribution < 1.29 is 9.90 Å². The van der Waals surface area contributed by atoms with E-state index in [1.54, 1.807) is 25.2 Å². The van der Waals surface area contributed by atoms with Crippen molar-refractivity contribution in [3.8, 4) is 5.75 Å². The minimum absolute atomic E-state index is 0.122. The van der Waals surface area contributed by atoms with Crippen molar-refractivity contribution >= 4 is 22.9 Å².